The van der Waals surface area contributed by atoms with E-state index in [-0.39, 0.29) is 15.9 Å². The number of hydrogen-bond acceptors (Lipinski definition) is 5. The van der Waals surface area contributed by atoms with E-state index in [1.54, 1.807) is 4.68 Å². The first kappa shape index (κ1) is 39.3. The highest BCUT2D eigenvalue weighted by atomic mass is 32.2. The van der Waals surface area contributed by atoms with Crippen LogP contribution in [0.3, 0.4) is 0 Å². The zero-order chi connectivity index (χ0) is 40.2. The molecule has 8 rings (SSSR count). The number of amides is 2. The maximum absolute atomic E-state index is 16.3. The van der Waals surface area contributed by atoms with Crippen LogP contribution in [-0.4, -0.2) is 40.5 Å². The van der Waals surface area contributed by atoms with Crippen molar-refractivity contribution in [2.75, 3.05) is 11.9 Å². The minimum atomic E-state index is -3.87. The maximum atomic E-state index is 16.3. The number of ether oxygens (including phenoxy) is 1. The summed E-state index contributed by atoms with van der Waals surface area (Å²) < 4.78 is 39.6. The third-order valence-corrected chi connectivity index (χ3v) is 18.8. The summed E-state index contributed by atoms with van der Waals surface area (Å²) in [6, 6.07) is 31.4. The Morgan fingerprint density at radius 2 is 1.53 bits per heavy atom. The van der Waals surface area contributed by atoms with Gasteiger partial charge in [-0.15, -0.1) is 4.36 Å². The molecule has 298 valence electrons. The Bertz CT molecular complexity index is 2320. The number of rotatable bonds is 10. The summed E-state index contributed by atoms with van der Waals surface area (Å²) in [6.45, 7) is 16.4. The van der Waals surface area contributed by atoms with Gasteiger partial charge >= 0.3 is 6.03 Å². The van der Waals surface area contributed by atoms with Crippen LogP contribution in [0, 0.1) is 0 Å². The SMILES string of the molecule is CC1(C)Cn2ncc([S@](=O)(=NC(=O)Nc3c4c(cc5c3[C@@H](CO[Si](C)(C)C(C)(C)C)CC5)CCC4)NC(c3ccccc3)(c3ccccc3)c3ccccc3)c2O1. The van der Waals surface area contributed by atoms with Gasteiger partial charge in [0.2, 0.25) is 5.88 Å². The fraction of sp³-hybridized carbons (Fsp3) is 0.391. The summed E-state index contributed by atoms with van der Waals surface area (Å²) in [6.07, 6.45) is 6.26. The van der Waals surface area contributed by atoms with E-state index in [2.05, 4.69) is 55.1 Å². The van der Waals surface area contributed by atoms with Crippen molar-refractivity contribution in [3.8, 4) is 5.88 Å². The normalized spacial score (nSPS) is 18.3. The molecule has 2 N–H and O–H groups in total. The van der Waals surface area contributed by atoms with Crippen molar-refractivity contribution in [3.05, 3.63) is 142 Å². The number of hydrogen-bond donors (Lipinski definition) is 2. The Hall–Kier alpha value is -4.55. The minimum Gasteiger partial charge on any atom is -0.469 e. The summed E-state index contributed by atoms with van der Waals surface area (Å²) in [5.74, 6) is 0.468. The lowest BCUT2D eigenvalue weighted by atomic mass is 9.78. The number of urea groups is 1. The highest BCUT2D eigenvalue weighted by molar-refractivity contribution is 7.92. The predicted molar refractivity (Wildman–Crippen MR) is 230 cm³/mol. The highest BCUT2D eigenvalue weighted by Crippen LogP contribution is 2.47. The number of aryl methyl sites for hydroxylation is 2. The fourth-order valence-electron chi connectivity index (χ4n) is 8.54. The number of anilines is 1. The van der Waals surface area contributed by atoms with Crippen molar-refractivity contribution in [3.63, 3.8) is 0 Å². The van der Waals surface area contributed by atoms with Gasteiger partial charge in [-0.3, -0.25) is 0 Å². The second kappa shape index (κ2) is 14.7. The number of benzene rings is 4. The monoisotopic (exact) mass is 801 g/mol. The second-order valence-corrected chi connectivity index (χ2v) is 24.6. The molecule has 9 nitrogen and oxygen atoms in total. The molecule has 2 atom stereocenters. The van der Waals surface area contributed by atoms with E-state index in [0.717, 1.165) is 65.6 Å². The molecule has 1 aromatic heterocycles. The summed E-state index contributed by atoms with van der Waals surface area (Å²) in [4.78, 5) is 15.0. The van der Waals surface area contributed by atoms with Gasteiger partial charge in [-0.25, -0.2) is 18.4 Å². The standard InChI is InChI=1S/C46H55N5O4SSi/c1-44(2,3)57(6,7)54-30-34-27-26-33-28-32-18-17-25-38(32)41(40(33)34)48-43(52)49-56(53,39-29-47-51-31-45(4,5)55-42(39)51)50-46(35-19-11-8-12-20-35,36-21-13-9-14-22-36)37-23-15-10-16-24-37/h8-16,19-24,28-29,34H,17-18,25-27,30-31H2,1-7H3,(H2,48,49,50,52,53)/t34-,56+/m1/s1. The van der Waals surface area contributed by atoms with Crippen LogP contribution in [0.2, 0.25) is 18.1 Å². The van der Waals surface area contributed by atoms with Crippen molar-refractivity contribution >= 4 is 30.0 Å². The first-order valence-corrected chi connectivity index (χ1v) is 24.6. The number of aromatic nitrogens is 2. The van der Waals surface area contributed by atoms with E-state index in [1.807, 2.05) is 105 Å². The van der Waals surface area contributed by atoms with Crippen LogP contribution < -0.4 is 14.8 Å². The van der Waals surface area contributed by atoms with Crippen molar-refractivity contribution in [1.29, 1.82) is 0 Å². The van der Waals surface area contributed by atoms with Gasteiger partial charge in [0.25, 0.3) is 0 Å². The summed E-state index contributed by atoms with van der Waals surface area (Å²) in [5, 5.41) is 7.98. The number of nitrogens with zero attached hydrogens (tertiary/aromatic N) is 3. The molecule has 2 aliphatic carbocycles. The van der Waals surface area contributed by atoms with Crippen LogP contribution in [-0.2, 0) is 45.7 Å². The Morgan fingerprint density at radius 1 is 0.930 bits per heavy atom. The van der Waals surface area contributed by atoms with Crippen LogP contribution in [0.25, 0.3) is 0 Å². The van der Waals surface area contributed by atoms with Gasteiger partial charge < -0.3 is 14.5 Å². The topological polar surface area (TPSA) is 107 Å². The molecular weight excluding hydrogens is 747 g/mol. The molecule has 0 spiro atoms. The molecule has 0 unspecified atom stereocenters. The van der Waals surface area contributed by atoms with Crippen LogP contribution in [0.4, 0.5) is 10.5 Å². The molecule has 0 saturated heterocycles. The van der Waals surface area contributed by atoms with E-state index in [9.17, 15) is 4.79 Å². The number of carbonyl (C=O) groups excluding carboxylic acids is 1. The highest BCUT2D eigenvalue weighted by Gasteiger charge is 2.44. The van der Waals surface area contributed by atoms with Gasteiger partial charge in [0.1, 0.15) is 16.0 Å². The number of nitrogens with one attached hydrogen (secondary N) is 2. The summed E-state index contributed by atoms with van der Waals surface area (Å²) in [5.41, 5.74) is 6.33. The molecule has 0 saturated carbocycles. The zero-order valence-corrected chi connectivity index (χ0v) is 36.0. The van der Waals surface area contributed by atoms with Gasteiger partial charge in [0.15, 0.2) is 18.2 Å². The second-order valence-electron chi connectivity index (χ2n) is 18.0. The molecule has 1 aliphatic heterocycles. The Labute approximate surface area is 339 Å². The van der Waals surface area contributed by atoms with Crippen molar-refractivity contribution in [2.24, 2.45) is 4.36 Å². The number of carbonyl (C=O) groups is 1. The van der Waals surface area contributed by atoms with Crippen molar-refractivity contribution in [2.45, 2.75) is 113 Å². The predicted octanol–water partition coefficient (Wildman–Crippen LogP) is 10.2. The first-order chi connectivity index (χ1) is 27.1. The van der Waals surface area contributed by atoms with Gasteiger partial charge in [0, 0.05) is 18.2 Å². The van der Waals surface area contributed by atoms with E-state index in [4.69, 9.17) is 13.5 Å². The quantitative estimate of drug-likeness (QED) is 0.108. The average molecular weight is 802 g/mol. The Balaban J connectivity index is 1.28. The number of fused-ring (bicyclic) bond motifs is 3. The summed E-state index contributed by atoms with van der Waals surface area (Å²) >= 11 is 0. The van der Waals surface area contributed by atoms with Crippen LogP contribution >= 0.6 is 0 Å². The van der Waals surface area contributed by atoms with Crippen LogP contribution in [0.1, 0.15) is 92.3 Å². The third-order valence-electron chi connectivity index (χ3n) is 12.5. The third kappa shape index (κ3) is 7.28. The fourth-order valence-corrected chi connectivity index (χ4v) is 11.5. The van der Waals surface area contributed by atoms with Gasteiger partial charge in [-0.1, -0.05) is 118 Å². The van der Waals surface area contributed by atoms with E-state index in [0.29, 0.717) is 19.0 Å². The molecule has 0 fully saturated rings. The molecule has 5 aromatic rings. The van der Waals surface area contributed by atoms with Gasteiger partial charge in [0.05, 0.1) is 12.7 Å². The molecular formula is C46H55N5O4SSi. The van der Waals surface area contributed by atoms with Crippen molar-refractivity contribution < 1.29 is 18.2 Å². The minimum absolute atomic E-state index is 0.0804. The molecule has 2 heterocycles. The molecule has 11 heteroatoms. The van der Waals surface area contributed by atoms with Crippen LogP contribution in [0.5, 0.6) is 5.88 Å². The lowest BCUT2D eigenvalue weighted by molar-refractivity contribution is 0.132. The maximum Gasteiger partial charge on any atom is 0.354 e. The lowest BCUT2D eigenvalue weighted by Crippen LogP contribution is -2.48. The molecule has 3 aliphatic rings. The van der Waals surface area contributed by atoms with Gasteiger partial charge in [-0.2, -0.15) is 5.10 Å². The molecule has 0 radical (unpaired) electrons. The van der Waals surface area contributed by atoms with Crippen LogP contribution in [0.15, 0.2) is 113 Å². The lowest BCUT2D eigenvalue weighted by Gasteiger charge is -2.37. The Kier molecular flexibility index (Phi) is 10.1. The average Bonchev–Trinajstić information content (AvgIpc) is 3.97. The molecule has 57 heavy (non-hydrogen) atoms. The Morgan fingerprint density at radius 3 is 2.11 bits per heavy atom. The molecule has 2 amide bonds. The largest absolute Gasteiger partial charge is 0.469 e. The van der Waals surface area contributed by atoms with Gasteiger partial charge in [-0.05, 0) is 103 Å². The van der Waals surface area contributed by atoms with E-state index < -0.39 is 35.4 Å². The van der Waals surface area contributed by atoms with E-state index in [1.165, 1.54) is 17.3 Å². The zero-order valence-electron chi connectivity index (χ0n) is 34.2. The molecule has 0 bridgehead atoms. The first-order valence-electron chi connectivity index (χ1n) is 20.2. The van der Waals surface area contributed by atoms with E-state index >= 15 is 4.21 Å². The molecule has 4 aromatic carbocycles. The summed E-state index contributed by atoms with van der Waals surface area (Å²) in [7, 11) is -5.90. The van der Waals surface area contributed by atoms with Crippen molar-refractivity contribution in [1.82, 2.24) is 14.5 Å². The smallest absolute Gasteiger partial charge is 0.354 e.